The third-order valence-corrected chi connectivity index (χ3v) is 5.24. The molecule has 1 aliphatic heterocycles. The van der Waals surface area contributed by atoms with Crippen LogP contribution in [0.25, 0.3) is 22.6 Å². The summed E-state index contributed by atoms with van der Waals surface area (Å²) in [6, 6.07) is 11.0. The van der Waals surface area contributed by atoms with Gasteiger partial charge in [0.25, 0.3) is 0 Å². The van der Waals surface area contributed by atoms with Crippen LogP contribution in [0.2, 0.25) is 0 Å². The number of rotatable bonds is 11. The Bertz CT molecular complexity index is 868. The zero-order valence-electron chi connectivity index (χ0n) is 16.5. The first-order chi connectivity index (χ1) is 13.3. The molecule has 0 saturated carbocycles. The standard InChI is InChI=1S/C24H31NO2/c1-2-3-4-5-6-7-8-9-10-11-12-19-13-15-21-23(17-19)27-24-18-20(26)14-16-22(24)25-21/h13-18H,2-12H2,1H3. The van der Waals surface area contributed by atoms with Gasteiger partial charge in [-0.05, 0) is 42.7 Å². The summed E-state index contributed by atoms with van der Waals surface area (Å²) in [6.45, 7) is 2.27. The molecule has 3 heteroatoms. The molecule has 3 nitrogen and oxygen atoms in total. The molecule has 1 heterocycles. The minimum atomic E-state index is -0.0473. The summed E-state index contributed by atoms with van der Waals surface area (Å²) < 4.78 is 5.90. The van der Waals surface area contributed by atoms with Crippen molar-refractivity contribution in [1.29, 1.82) is 0 Å². The molecular weight excluding hydrogens is 334 g/mol. The van der Waals surface area contributed by atoms with Gasteiger partial charge in [-0.1, -0.05) is 70.8 Å². The molecule has 2 aliphatic rings. The van der Waals surface area contributed by atoms with Gasteiger partial charge >= 0.3 is 0 Å². The van der Waals surface area contributed by atoms with Crippen molar-refractivity contribution in [3.63, 3.8) is 0 Å². The molecule has 0 radical (unpaired) electrons. The summed E-state index contributed by atoms with van der Waals surface area (Å²) >= 11 is 0. The summed E-state index contributed by atoms with van der Waals surface area (Å²) in [4.78, 5) is 16.1. The second-order valence-electron chi connectivity index (χ2n) is 7.58. The van der Waals surface area contributed by atoms with Gasteiger partial charge in [-0.15, -0.1) is 0 Å². The average molecular weight is 366 g/mol. The van der Waals surface area contributed by atoms with Crippen LogP contribution < -0.4 is 5.43 Å². The fourth-order valence-corrected chi connectivity index (χ4v) is 3.62. The molecule has 0 bridgehead atoms. The van der Waals surface area contributed by atoms with Gasteiger partial charge in [-0.3, -0.25) is 4.79 Å². The second kappa shape index (κ2) is 10.2. The van der Waals surface area contributed by atoms with E-state index in [4.69, 9.17) is 4.42 Å². The third-order valence-electron chi connectivity index (χ3n) is 5.24. The van der Waals surface area contributed by atoms with Crippen LogP contribution in [0, 0.1) is 0 Å². The Morgan fingerprint density at radius 1 is 0.815 bits per heavy atom. The van der Waals surface area contributed by atoms with Gasteiger partial charge in [0.05, 0.1) is 0 Å². The van der Waals surface area contributed by atoms with Crippen LogP contribution >= 0.6 is 0 Å². The predicted molar refractivity (Wildman–Crippen MR) is 112 cm³/mol. The van der Waals surface area contributed by atoms with Crippen molar-refractivity contribution in [1.82, 2.24) is 4.98 Å². The lowest BCUT2D eigenvalue weighted by Gasteiger charge is -2.07. The zero-order chi connectivity index (χ0) is 18.9. The smallest absolute Gasteiger partial charge is 0.182 e. The summed E-state index contributed by atoms with van der Waals surface area (Å²) in [6.07, 6.45) is 14.6. The van der Waals surface area contributed by atoms with Crippen LogP contribution in [0.4, 0.5) is 0 Å². The monoisotopic (exact) mass is 365 g/mol. The van der Waals surface area contributed by atoms with Gasteiger partial charge in [-0.25, -0.2) is 4.98 Å². The van der Waals surface area contributed by atoms with Crippen molar-refractivity contribution < 1.29 is 4.42 Å². The van der Waals surface area contributed by atoms with Crippen LogP contribution in [0.1, 0.15) is 76.7 Å². The van der Waals surface area contributed by atoms with Crippen molar-refractivity contribution >= 4 is 11.1 Å². The first-order valence-electron chi connectivity index (χ1n) is 10.6. The molecule has 0 amide bonds. The highest BCUT2D eigenvalue weighted by Crippen LogP contribution is 2.24. The van der Waals surface area contributed by atoms with E-state index in [1.54, 1.807) is 6.07 Å². The number of benzene rings is 2. The van der Waals surface area contributed by atoms with E-state index >= 15 is 0 Å². The van der Waals surface area contributed by atoms with Crippen molar-refractivity contribution in [2.75, 3.05) is 0 Å². The maximum atomic E-state index is 11.5. The Morgan fingerprint density at radius 2 is 1.52 bits per heavy atom. The van der Waals surface area contributed by atoms with Crippen molar-refractivity contribution in [2.24, 2.45) is 0 Å². The minimum absolute atomic E-state index is 0.0473. The van der Waals surface area contributed by atoms with Crippen LogP contribution in [0.3, 0.4) is 0 Å². The van der Waals surface area contributed by atoms with Crippen LogP contribution in [0.5, 0.6) is 0 Å². The van der Waals surface area contributed by atoms with Crippen LogP contribution in [0.15, 0.2) is 45.6 Å². The maximum Gasteiger partial charge on any atom is 0.182 e. The number of aromatic nitrogens is 1. The molecule has 3 rings (SSSR count). The van der Waals surface area contributed by atoms with Crippen molar-refractivity contribution in [3.05, 3.63) is 52.2 Å². The second-order valence-corrected chi connectivity index (χ2v) is 7.58. The quantitative estimate of drug-likeness (QED) is 0.278. The number of unbranched alkanes of at least 4 members (excludes halogenated alkanes) is 9. The first kappa shape index (κ1) is 19.6. The molecule has 144 valence electrons. The van der Waals surface area contributed by atoms with E-state index in [0.29, 0.717) is 5.76 Å². The number of nitrogens with zero attached hydrogens (tertiary/aromatic N) is 1. The highest BCUT2D eigenvalue weighted by molar-refractivity contribution is 5.76. The number of aryl methyl sites for hydroxylation is 1. The SMILES string of the molecule is CCCCCCCCCCCCc1ccc2nc3ccc(=O)cc-3oc2c1. The maximum absolute atomic E-state index is 11.5. The lowest BCUT2D eigenvalue weighted by Crippen LogP contribution is -1.99. The molecular formula is C24H31NO2. The molecule has 0 aromatic heterocycles. The van der Waals surface area contributed by atoms with Gasteiger partial charge < -0.3 is 4.42 Å². The van der Waals surface area contributed by atoms with Crippen LogP contribution in [-0.4, -0.2) is 4.98 Å². The minimum Gasteiger partial charge on any atom is -0.453 e. The molecule has 0 atom stereocenters. The van der Waals surface area contributed by atoms with Gasteiger partial charge in [0.1, 0.15) is 11.2 Å². The predicted octanol–water partition coefficient (Wildman–Crippen LogP) is 6.76. The van der Waals surface area contributed by atoms with E-state index in [1.165, 1.54) is 81.9 Å². The van der Waals surface area contributed by atoms with Gasteiger partial charge in [0, 0.05) is 6.07 Å². The van der Waals surface area contributed by atoms with Gasteiger partial charge in [0.15, 0.2) is 16.8 Å². The zero-order valence-corrected chi connectivity index (χ0v) is 16.5. The van der Waals surface area contributed by atoms with Gasteiger partial charge in [-0.2, -0.15) is 0 Å². The number of fused-ring (bicyclic) bond motifs is 2. The topological polar surface area (TPSA) is 43.1 Å². The highest BCUT2D eigenvalue weighted by atomic mass is 16.3. The fraction of sp³-hybridized carbons (Fsp3) is 0.500. The van der Waals surface area contributed by atoms with E-state index in [2.05, 4.69) is 24.0 Å². The Labute approximate surface area is 162 Å². The van der Waals surface area contributed by atoms with Crippen LogP contribution in [-0.2, 0) is 6.42 Å². The van der Waals surface area contributed by atoms with E-state index in [-0.39, 0.29) is 5.43 Å². The summed E-state index contributed by atoms with van der Waals surface area (Å²) in [5.41, 5.74) is 3.56. The highest BCUT2D eigenvalue weighted by Gasteiger charge is 2.09. The van der Waals surface area contributed by atoms with E-state index < -0.39 is 0 Å². The lowest BCUT2D eigenvalue weighted by molar-refractivity contribution is 0.556. The molecule has 1 aromatic rings. The molecule has 1 aromatic carbocycles. The van der Waals surface area contributed by atoms with Gasteiger partial charge in [0.2, 0.25) is 0 Å². The summed E-state index contributed by atoms with van der Waals surface area (Å²) in [7, 11) is 0. The van der Waals surface area contributed by atoms with E-state index in [9.17, 15) is 4.79 Å². The fourth-order valence-electron chi connectivity index (χ4n) is 3.62. The molecule has 0 N–H and O–H groups in total. The normalized spacial score (nSPS) is 11.4. The Hall–Kier alpha value is -2.16. The molecule has 1 aliphatic carbocycles. The largest absolute Gasteiger partial charge is 0.453 e. The summed E-state index contributed by atoms with van der Waals surface area (Å²) in [5, 5.41) is 0. The average Bonchev–Trinajstić information content (AvgIpc) is 2.67. The van der Waals surface area contributed by atoms with E-state index in [0.717, 1.165) is 23.2 Å². The Kier molecular flexibility index (Phi) is 7.44. The molecule has 0 fully saturated rings. The first-order valence-corrected chi connectivity index (χ1v) is 10.6. The lowest BCUT2D eigenvalue weighted by atomic mass is 10.0. The number of hydrogen-bond donors (Lipinski definition) is 0. The summed E-state index contributed by atoms with van der Waals surface area (Å²) in [5.74, 6) is 0.561. The van der Waals surface area contributed by atoms with E-state index in [1.807, 2.05) is 6.07 Å². The molecule has 0 unspecified atom stereocenters. The Balaban J connectivity index is 1.45. The molecule has 27 heavy (non-hydrogen) atoms. The molecule has 0 saturated heterocycles. The third kappa shape index (κ3) is 5.92. The number of hydrogen-bond acceptors (Lipinski definition) is 3. The van der Waals surface area contributed by atoms with Crippen molar-refractivity contribution in [3.8, 4) is 11.5 Å². The van der Waals surface area contributed by atoms with Crippen molar-refractivity contribution in [2.45, 2.75) is 77.6 Å². The Morgan fingerprint density at radius 3 is 2.26 bits per heavy atom. The molecule has 0 spiro atoms.